The summed E-state index contributed by atoms with van der Waals surface area (Å²) in [5.74, 6) is 0. The van der Waals surface area contributed by atoms with Crippen LogP contribution in [-0.4, -0.2) is 37.9 Å². The fourth-order valence-electron chi connectivity index (χ4n) is 2.35. The molecule has 0 aliphatic carbocycles. The highest BCUT2D eigenvalue weighted by atomic mass is 32.2. The average Bonchev–Trinajstić information content (AvgIpc) is 2.62. The van der Waals surface area contributed by atoms with Crippen LogP contribution >= 0.6 is 11.3 Å². The number of aryl methyl sites for hydroxylation is 2. The Kier molecular flexibility index (Phi) is 3.82. The van der Waals surface area contributed by atoms with E-state index < -0.39 is 10.0 Å². The lowest BCUT2D eigenvalue weighted by Crippen LogP contribution is -2.57. The summed E-state index contributed by atoms with van der Waals surface area (Å²) >= 11 is 1.54. The maximum atomic E-state index is 12.7. The van der Waals surface area contributed by atoms with Crippen LogP contribution < -0.4 is 5.32 Å². The lowest BCUT2D eigenvalue weighted by molar-refractivity contribution is 0.233. The van der Waals surface area contributed by atoms with Gasteiger partial charge in [0.15, 0.2) is 0 Å². The largest absolute Gasteiger partial charge is 0.311 e. The van der Waals surface area contributed by atoms with Crippen molar-refractivity contribution in [2.75, 3.05) is 13.1 Å². The summed E-state index contributed by atoms with van der Waals surface area (Å²) in [5.41, 5.74) is 0. The van der Waals surface area contributed by atoms with Gasteiger partial charge in [-0.2, -0.15) is 4.31 Å². The minimum Gasteiger partial charge on any atom is -0.311 e. The van der Waals surface area contributed by atoms with Crippen LogP contribution in [0.3, 0.4) is 0 Å². The van der Waals surface area contributed by atoms with E-state index >= 15 is 0 Å². The van der Waals surface area contributed by atoms with E-state index in [0.717, 1.165) is 9.75 Å². The molecule has 4 nitrogen and oxygen atoms in total. The van der Waals surface area contributed by atoms with Crippen LogP contribution in [0, 0.1) is 13.8 Å². The lowest BCUT2D eigenvalue weighted by Gasteiger charge is -2.37. The Morgan fingerprint density at radius 1 is 1.39 bits per heavy atom. The van der Waals surface area contributed by atoms with Gasteiger partial charge in [0.05, 0.1) is 4.90 Å². The fourth-order valence-corrected chi connectivity index (χ4v) is 5.58. The van der Waals surface area contributed by atoms with Crippen molar-refractivity contribution >= 4 is 21.4 Å². The fraction of sp³-hybridized carbons (Fsp3) is 0.667. The molecule has 0 amide bonds. The zero-order valence-electron chi connectivity index (χ0n) is 11.2. The van der Waals surface area contributed by atoms with Crippen molar-refractivity contribution in [2.24, 2.45) is 0 Å². The topological polar surface area (TPSA) is 49.4 Å². The van der Waals surface area contributed by atoms with E-state index in [1.807, 2.05) is 27.7 Å². The molecule has 2 atom stereocenters. The molecule has 1 saturated heterocycles. The van der Waals surface area contributed by atoms with Gasteiger partial charge in [-0.15, -0.1) is 11.3 Å². The Balaban J connectivity index is 2.39. The van der Waals surface area contributed by atoms with Gasteiger partial charge in [-0.1, -0.05) is 0 Å². The SMILES string of the molecule is Cc1cc(S(=O)(=O)N2CCNC(C)C2C)c(C)s1. The van der Waals surface area contributed by atoms with Crippen molar-refractivity contribution in [3.8, 4) is 0 Å². The average molecular weight is 288 g/mol. The molecule has 1 aliphatic rings. The van der Waals surface area contributed by atoms with Crippen molar-refractivity contribution in [1.29, 1.82) is 0 Å². The molecule has 1 aromatic rings. The smallest absolute Gasteiger partial charge is 0.244 e. The van der Waals surface area contributed by atoms with Crippen LogP contribution in [-0.2, 0) is 10.0 Å². The third-order valence-electron chi connectivity index (χ3n) is 3.56. The number of nitrogens with one attached hydrogen (secondary N) is 1. The van der Waals surface area contributed by atoms with Crippen molar-refractivity contribution in [3.05, 3.63) is 15.8 Å². The van der Waals surface area contributed by atoms with Crippen molar-refractivity contribution in [1.82, 2.24) is 9.62 Å². The molecule has 1 N–H and O–H groups in total. The standard InChI is InChI=1S/C12H20N2O2S2/c1-8-7-12(11(4)17-8)18(15,16)14-6-5-13-9(2)10(14)3/h7,9-10,13H,5-6H2,1-4H3. The molecule has 2 rings (SSSR count). The Morgan fingerprint density at radius 2 is 2.06 bits per heavy atom. The van der Waals surface area contributed by atoms with Crippen LogP contribution in [0.25, 0.3) is 0 Å². The van der Waals surface area contributed by atoms with Gasteiger partial charge in [0, 0.05) is 34.9 Å². The predicted octanol–water partition coefficient (Wildman–Crippen LogP) is 1.74. The van der Waals surface area contributed by atoms with Gasteiger partial charge in [-0.25, -0.2) is 8.42 Å². The first-order valence-electron chi connectivity index (χ1n) is 6.16. The Morgan fingerprint density at radius 3 is 2.61 bits per heavy atom. The number of sulfonamides is 1. The van der Waals surface area contributed by atoms with E-state index in [4.69, 9.17) is 0 Å². The number of rotatable bonds is 2. The molecule has 0 aromatic carbocycles. The first-order valence-corrected chi connectivity index (χ1v) is 8.42. The van der Waals surface area contributed by atoms with E-state index in [1.165, 1.54) is 0 Å². The second-order valence-corrected chi connectivity index (χ2v) is 8.20. The van der Waals surface area contributed by atoms with E-state index in [0.29, 0.717) is 18.0 Å². The van der Waals surface area contributed by atoms with E-state index in [2.05, 4.69) is 5.32 Å². The van der Waals surface area contributed by atoms with Gasteiger partial charge >= 0.3 is 0 Å². The summed E-state index contributed by atoms with van der Waals surface area (Å²) in [6.07, 6.45) is 0. The molecule has 2 heterocycles. The molecule has 18 heavy (non-hydrogen) atoms. The molecule has 2 unspecified atom stereocenters. The maximum Gasteiger partial charge on any atom is 0.244 e. The highest BCUT2D eigenvalue weighted by Gasteiger charge is 2.35. The Labute approximate surface area is 113 Å². The monoisotopic (exact) mass is 288 g/mol. The number of hydrogen-bond donors (Lipinski definition) is 1. The Hall–Kier alpha value is -0.430. The molecule has 0 spiro atoms. The minimum absolute atomic E-state index is 0.0108. The molecule has 1 aliphatic heterocycles. The lowest BCUT2D eigenvalue weighted by atomic mass is 10.1. The molecule has 1 aromatic heterocycles. The van der Waals surface area contributed by atoms with Crippen LogP contribution in [0.1, 0.15) is 23.6 Å². The normalized spacial score (nSPS) is 26.4. The number of nitrogens with zero attached hydrogens (tertiary/aromatic N) is 1. The molecule has 0 radical (unpaired) electrons. The second kappa shape index (κ2) is 4.92. The van der Waals surface area contributed by atoms with Crippen LogP contribution in [0.15, 0.2) is 11.0 Å². The van der Waals surface area contributed by atoms with Gasteiger partial charge in [0.1, 0.15) is 0 Å². The third-order valence-corrected chi connectivity index (χ3v) is 6.77. The van der Waals surface area contributed by atoms with Crippen molar-refractivity contribution in [2.45, 2.75) is 44.7 Å². The number of hydrogen-bond acceptors (Lipinski definition) is 4. The zero-order chi connectivity index (χ0) is 13.5. The van der Waals surface area contributed by atoms with Crippen molar-refractivity contribution < 1.29 is 8.42 Å². The highest BCUT2D eigenvalue weighted by molar-refractivity contribution is 7.89. The summed E-state index contributed by atoms with van der Waals surface area (Å²) < 4.78 is 27.0. The summed E-state index contributed by atoms with van der Waals surface area (Å²) in [5, 5.41) is 3.30. The maximum absolute atomic E-state index is 12.7. The highest BCUT2D eigenvalue weighted by Crippen LogP contribution is 2.29. The second-order valence-electron chi connectivity index (χ2n) is 4.88. The molecule has 1 fully saturated rings. The zero-order valence-corrected chi connectivity index (χ0v) is 12.9. The van der Waals surface area contributed by atoms with Gasteiger partial charge in [-0.05, 0) is 33.8 Å². The summed E-state index contributed by atoms with van der Waals surface area (Å²) in [6.45, 7) is 9.07. The van der Waals surface area contributed by atoms with Gasteiger partial charge in [0.25, 0.3) is 0 Å². The first kappa shape index (κ1) is 14.0. The molecule has 102 valence electrons. The van der Waals surface area contributed by atoms with E-state index in [-0.39, 0.29) is 12.1 Å². The van der Waals surface area contributed by atoms with Crippen molar-refractivity contribution in [3.63, 3.8) is 0 Å². The van der Waals surface area contributed by atoms with Crippen LogP contribution in [0.4, 0.5) is 0 Å². The minimum atomic E-state index is -3.35. The molecular weight excluding hydrogens is 268 g/mol. The van der Waals surface area contributed by atoms with Gasteiger partial charge in [-0.3, -0.25) is 0 Å². The summed E-state index contributed by atoms with van der Waals surface area (Å²) in [7, 11) is -3.35. The summed E-state index contributed by atoms with van der Waals surface area (Å²) in [6, 6.07) is 1.96. The summed E-state index contributed by atoms with van der Waals surface area (Å²) in [4.78, 5) is 2.40. The Bertz CT molecular complexity index is 536. The first-order chi connectivity index (χ1) is 8.34. The molecule has 0 bridgehead atoms. The quantitative estimate of drug-likeness (QED) is 0.902. The van der Waals surface area contributed by atoms with E-state index in [1.54, 1.807) is 21.7 Å². The number of piperazine rings is 1. The number of thiophene rings is 1. The van der Waals surface area contributed by atoms with Crippen LogP contribution in [0.5, 0.6) is 0 Å². The molecule has 0 saturated carbocycles. The molecular formula is C12H20N2O2S2. The van der Waals surface area contributed by atoms with Gasteiger partial charge < -0.3 is 5.32 Å². The third kappa shape index (κ3) is 2.34. The van der Waals surface area contributed by atoms with Crippen LogP contribution in [0.2, 0.25) is 0 Å². The van der Waals surface area contributed by atoms with Gasteiger partial charge in [0.2, 0.25) is 10.0 Å². The van der Waals surface area contributed by atoms with E-state index in [9.17, 15) is 8.42 Å². The molecule has 6 heteroatoms. The predicted molar refractivity (Wildman–Crippen MR) is 74.6 cm³/mol.